The van der Waals surface area contributed by atoms with Gasteiger partial charge in [0.05, 0.1) is 11.4 Å². The number of rotatable bonds is 7. The average molecular weight is 407 g/mol. The number of anilines is 1. The number of hydrogen-bond donors (Lipinski definition) is 1. The number of aromatic amines is 1. The highest BCUT2D eigenvalue weighted by molar-refractivity contribution is 6.10. The number of nitrogens with one attached hydrogen (secondary N) is 1. The smallest absolute Gasteiger partial charge is 0.310 e. The maximum absolute atomic E-state index is 11.9. The van der Waals surface area contributed by atoms with E-state index < -0.39 is 0 Å². The van der Waals surface area contributed by atoms with E-state index in [1.165, 1.54) is 6.92 Å². The molecule has 0 aliphatic heterocycles. The van der Waals surface area contributed by atoms with Gasteiger partial charge in [0, 0.05) is 36.5 Å². The van der Waals surface area contributed by atoms with Crippen LogP contribution in [0.3, 0.4) is 0 Å². The lowest BCUT2D eigenvalue weighted by Crippen LogP contribution is -2.36. The van der Waals surface area contributed by atoms with Crippen molar-refractivity contribution in [1.29, 1.82) is 0 Å². The van der Waals surface area contributed by atoms with Gasteiger partial charge in [0.1, 0.15) is 0 Å². The Kier molecular flexibility index (Phi) is 7.25. The van der Waals surface area contributed by atoms with Gasteiger partial charge >= 0.3 is 5.97 Å². The Hall–Kier alpha value is -3.12. The molecule has 0 aliphatic carbocycles. The number of fused-ring (bicyclic) bond motifs is 1. The highest BCUT2D eigenvalue weighted by Gasteiger charge is 2.24. The first-order valence-corrected chi connectivity index (χ1v) is 10.3. The highest BCUT2D eigenvalue weighted by Crippen LogP contribution is 2.38. The maximum atomic E-state index is 11.9. The molecule has 0 saturated carbocycles. The largest absolute Gasteiger partial charge is 0.393 e. The van der Waals surface area contributed by atoms with E-state index in [9.17, 15) is 4.79 Å². The summed E-state index contributed by atoms with van der Waals surface area (Å²) >= 11 is 0. The zero-order chi connectivity index (χ0) is 21.5. The number of aliphatic imine (C=N–C) groups is 1. The van der Waals surface area contributed by atoms with Gasteiger partial charge in [0.25, 0.3) is 6.02 Å². The molecule has 0 spiro atoms. The van der Waals surface area contributed by atoms with Crippen molar-refractivity contribution in [3.05, 3.63) is 54.6 Å². The molecule has 1 aromatic heterocycles. The van der Waals surface area contributed by atoms with E-state index in [0.29, 0.717) is 19.1 Å². The molecule has 30 heavy (non-hydrogen) atoms. The molecule has 0 unspecified atom stereocenters. The summed E-state index contributed by atoms with van der Waals surface area (Å²) in [6, 6.07) is 18.7. The number of benzene rings is 2. The molecule has 0 saturated heterocycles. The molecule has 0 fully saturated rings. The van der Waals surface area contributed by atoms with Crippen LogP contribution in [-0.4, -0.2) is 55.6 Å². The molecule has 3 aromatic rings. The molecular weight excluding hydrogens is 376 g/mol. The fraction of sp³-hybridized carbons (Fsp3) is 0.333. The van der Waals surface area contributed by atoms with E-state index in [1.807, 2.05) is 42.2 Å². The lowest BCUT2D eigenvalue weighted by Gasteiger charge is -2.26. The molecular formula is C24H30N4O2. The van der Waals surface area contributed by atoms with Gasteiger partial charge in [-0.1, -0.05) is 48.5 Å². The third-order valence-electron chi connectivity index (χ3n) is 4.76. The maximum Gasteiger partial charge on any atom is 0.310 e. The second-order valence-corrected chi connectivity index (χ2v) is 7.42. The number of aromatic nitrogens is 1. The van der Waals surface area contributed by atoms with Gasteiger partial charge in [0.15, 0.2) is 0 Å². The fourth-order valence-electron chi connectivity index (χ4n) is 3.51. The number of para-hydroxylation sites is 1. The van der Waals surface area contributed by atoms with Gasteiger partial charge in [-0.2, -0.15) is 0 Å². The topological polar surface area (TPSA) is 60.9 Å². The molecule has 158 valence electrons. The SMILES string of the molecule is CCN=C(OC(C)=O)N(CCCN(C)C)c1c(-c2ccccc2)[nH]c2ccccc12. The molecule has 0 radical (unpaired) electrons. The van der Waals surface area contributed by atoms with E-state index in [-0.39, 0.29) is 5.97 Å². The fourth-order valence-corrected chi connectivity index (χ4v) is 3.51. The molecule has 0 aliphatic rings. The molecule has 3 rings (SSSR count). The van der Waals surface area contributed by atoms with Crippen LogP contribution in [0.5, 0.6) is 0 Å². The number of amidine groups is 1. The summed E-state index contributed by atoms with van der Waals surface area (Å²) in [5, 5.41) is 1.07. The van der Waals surface area contributed by atoms with Gasteiger partial charge in [-0.3, -0.25) is 9.69 Å². The number of ether oxygens (including phenoxy) is 1. The summed E-state index contributed by atoms with van der Waals surface area (Å²) in [4.78, 5) is 24.1. The molecule has 2 aromatic carbocycles. The summed E-state index contributed by atoms with van der Waals surface area (Å²) in [7, 11) is 4.11. The number of hydrogen-bond acceptors (Lipinski definition) is 4. The predicted molar refractivity (Wildman–Crippen MR) is 124 cm³/mol. The highest BCUT2D eigenvalue weighted by atomic mass is 16.6. The van der Waals surface area contributed by atoms with Crippen molar-refractivity contribution in [3.8, 4) is 11.3 Å². The van der Waals surface area contributed by atoms with Crippen LogP contribution >= 0.6 is 0 Å². The summed E-state index contributed by atoms with van der Waals surface area (Å²) < 4.78 is 5.58. The van der Waals surface area contributed by atoms with Crippen molar-refractivity contribution in [2.45, 2.75) is 20.3 Å². The first-order chi connectivity index (χ1) is 14.5. The minimum atomic E-state index is -0.374. The number of carbonyl (C=O) groups is 1. The van der Waals surface area contributed by atoms with Gasteiger partial charge in [-0.15, -0.1) is 0 Å². The minimum Gasteiger partial charge on any atom is -0.393 e. The summed E-state index contributed by atoms with van der Waals surface area (Å²) in [5.41, 5.74) is 4.06. The Labute approximate surface area is 178 Å². The molecule has 0 atom stereocenters. The molecule has 6 nitrogen and oxygen atoms in total. The summed E-state index contributed by atoms with van der Waals surface area (Å²) in [6.07, 6.45) is 0.894. The summed E-state index contributed by atoms with van der Waals surface area (Å²) in [5.74, 6) is -0.374. The van der Waals surface area contributed by atoms with Crippen LogP contribution in [-0.2, 0) is 9.53 Å². The number of esters is 1. The van der Waals surface area contributed by atoms with E-state index in [1.54, 1.807) is 0 Å². The van der Waals surface area contributed by atoms with Crippen LogP contribution in [0, 0.1) is 0 Å². The first kappa shape index (κ1) is 21.6. The van der Waals surface area contributed by atoms with E-state index >= 15 is 0 Å². The molecule has 6 heteroatoms. The van der Waals surface area contributed by atoms with E-state index in [2.05, 4.69) is 53.2 Å². The first-order valence-electron chi connectivity index (χ1n) is 10.3. The second-order valence-electron chi connectivity index (χ2n) is 7.42. The van der Waals surface area contributed by atoms with Gasteiger partial charge in [-0.05, 0) is 40.1 Å². The minimum absolute atomic E-state index is 0.339. The Morgan fingerprint density at radius 1 is 1.03 bits per heavy atom. The van der Waals surface area contributed by atoms with Crippen molar-refractivity contribution in [1.82, 2.24) is 9.88 Å². The standard InChI is InChI=1S/C24H30N4O2/c1-5-25-24(30-18(2)29)28(17-11-16-27(3)4)23-20-14-9-10-15-21(20)26-22(23)19-12-7-6-8-13-19/h6-10,12-15,26H,5,11,16-17H2,1-4H3. The number of nitrogens with zero attached hydrogens (tertiary/aromatic N) is 3. The summed E-state index contributed by atoms with van der Waals surface area (Å²) in [6.45, 7) is 5.46. The lowest BCUT2D eigenvalue weighted by molar-refractivity contribution is -0.133. The normalized spacial score (nSPS) is 11.8. The second kappa shape index (κ2) is 10.1. The van der Waals surface area contributed by atoms with Crippen LogP contribution in [0.4, 0.5) is 5.69 Å². The number of H-pyrrole nitrogens is 1. The van der Waals surface area contributed by atoms with Gasteiger partial charge in [-0.25, -0.2) is 4.99 Å². The van der Waals surface area contributed by atoms with E-state index in [4.69, 9.17) is 4.74 Å². The predicted octanol–water partition coefficient (Wildman–Crippen LogP) is 4.53. The number of carbonyl (C=O) groups excluding carboxylic acids is 1. The van der Waals surface area contributed by atoms with Gasteiger partial charge in [0.2, 0.25) is 0 Å². The molecule has 1 heterocycles. The Morgan fingerprint density at radius 2 is 1.73 bits per heavy atom. The third kappa shape index (κ3) is 5.07. The quantitative estimate of drug-likeness (QED) is 0.356. The Bertz CT molecular complexity index is 1010. The van der Waals surface area contributed by atoms with Crippen molar-refractivity contribution >= 4 is 28.6 Å². The van der Waals surface area contributed by atoms with E-state index in [0.717, 1.165) is 40.8 Å². The molecule has 0 amide bonds. The van der Waals surface area contributed by atoms with Crippen molar-refractivity contribution in [3.63, 3.8) is 0 Å². The Balaban J connectivity index is 2.18. The molecule has 0 bridgehead atoms. The van der Waals surface area contributed by atoms with Crippen LogP contribution < -0.4 is 4.90 Å². The van der Waals surface area contributed by atoms with Crippen LogP contribution in [0.1, 0.15) is 20.3 Å². The van der Waals surface area contributed by atoms with Crippen molar-refractivity contribution in [2.24, 2.45) is 4.99 Å². The van der Waals surface area contributed by atoms with Crippen molar-refractivity contribution < 1.29 is 9.53 Å². The zero-order valence-electron chi connectivity index (χ0n) is 18.2. The van der Waals surface area contributed by atoms with Crippen LogP contribution in [0.2, 0.25) is 0 Å². The average Bonchev–Trinajstić information content (AvgIpc) is 3.10. The molecule has 1 N–H and O–H groups in total. The van der Waals surface area contributed by atoms with Crippen LogP contribution in [0.25, 0.3) is 22.2 Å². The Morgan fingerprint density at radius 3 is 2.40 bits per heavy atom. The monoisotopic (exact) mass is 406 g/mol. The van der Waals surface area contributed by atoms with Crippen molar-refractivity contribution in [2.75, 3.05) is 38.6 Å². The lowest BCUT2D eigenvalue weighted by atomic mass is 10.1. The third-order valence-corrected chi connectivity index (χ3v) is 4.76. The zero-order valence-corrected chi connectivity index (χ0v) is 18.2. The van der Waals surface area contributed by atoms with Crippen LogP contribution in [0.15, 0.2) is 59.6 Å². The van der Waals surface area contributed by atoms with Gasteiger partial charge < -0.3 is 14.6 Å².